The van der Waals surface area contributed by atoms with E-state index in [1.54, 1.807) is 11.8 Å². The highest BCUT2D eigenvalue weighted by atomic mass is 32.2. The third-order valence-corrected chi connectivity index (χ3v) is 7.11. The summed E-state index contributed by atoms with van der Waals surface area (Å²) in [4.78, 5) is 23.5. The van der Waals surface area contributed by atoms with E-state index in [0.29, 0.717) is 26.1 Å². The van der Waals surface area contributed by atoms with Gasteiger partial charge in [-0.25, -0.2) is 4.79 Å². The zero-order valence-corrected chi connectivity index (χ0v) is 19.0. The standard InChI is InChI=1S/C25H28O6S/c1-28-23(27)11-8-19(26)7-9-21-20(13-14-25(21)29-15-16-30-25)22-10-12-24(31-22)32-17-18-5-3-2-4-6-18/h2-6,8,10-12,20-21H,7,9,13-17H2,1H3/b11-8-/t20-,21+/m1/s1. The molecule has 0 radical (unpaired) electrons. The Morgan fingerprint density at radius 1 is 1.12 bits per heavy atom. The first-order valence-electron chi connectivity index (χ1n) is 10.9. The van der Waals surface area contributed by atoms with Gasteiger partial charge >= 0.3 is 5.97 Å². The Balaban J connectivity index is 1.42. The lowest BCUT2D eigenvalue weighted by Gasteiger charge is -2.31. The van der Waals surface area contributed by atoms with E-state index >= 15 is 0 Å². The second-order valence-electron chi connectivity index (χ2n) is 8.05. The maximum atomic E-state index is 12.3. The van der Waals surface area contributed by atoms with Crippen LogP contribution in [0.1, 0.15) is 42.9 Å². The molecule has 2 heterocycles. The molecule has 0 unspecified atom stereocenters. The van der Waals surface area contributed by atoms with Gasteiger partial charge in [-0.15, -0.1) is 0 Å². The largest absolute Gasteiger partial charge is 0.466 e. The number of methoxy groups -OCH3 is 1. The quantitative estimate of drug-likeness (QED) is 0.302. The maximum absolute atomic E-state index is 12.3. The minimum absolute atomic E-state index is 0.0126. The molecule has 170 valence electrons. The summed E-state index contributed by atoms with van der Waals surface area (Å²) < 4.78 is 22.9. The number of carbonyl (C=O) groups excluding carboxylic acids is 2. The van der Waals surface area contributed by atoms with Gasteiger partial charge in [-0.3, -0.25) is 4.79 Å². The van der Waals surface area contributed by atoms with E-state index in [2.05, 4.69) is 16.9 Å². The summed E-state index contributed by atoms with van der Waals surface area (Å²) in [6, 6.07) is 14.4. The highest BCUT2D eigenvalue weighted by Gasteiger charge is 2.53. The van der Waals surface area contributed by atoms with Crippen LogP contribution in [0.25, 0.3) is 0 Å². The summed E-state index contributed by atoms with van der Waals surface area (Å²) in [7, 11) is 1.29. The summed E-state index contributed by atoms with van der Waals surface area (Å²) in [5.41, 5.74) is 1.25. The number of ketones is 1. The van der Waals surface area contributed by atoms with Crippen LogP contribution in [0.4, 0.5) is 0 Å². The van der Waals surface area contributed by atoms with E-state index in [0.717, 1.165) is 35.5 Å². The topological polar surface area (TPSA) is 75.0 Å². The molecule has 2 aliphatic rings. The smallest absolute Gasteiger partial charge is 0.330 e. The van der Waals surface area contributed by atoms with Crippen LogP contribution in [0.15, 0.2) is 64.1 Å². The molecule has 2 fully saturated rings. The number of ether oxygens (including phenoxy) is 3. The van der Waals surface area contributed by atoms with Crippen LogP contribution in [0.2, 0.25) is 0 Å². The summed E-state index contributed by atoms with van der Waals surface area (Å²) in [6.07, 6.45) is 5.01. The van der Waals surface area contributed by atoms with Crippen LogP contribution >= 0.6 is 11.8 Å². The average Bonchev–Trinajstić information content (AvgIpc) is 3.56. The van der Waals surface area contributed by atoms with Crippen molar-refractivity contribution < 1.29 is 28.2 Å². The van der Waals surface area contributed by atoms with Crippen LogP contribution in [0.5, 0.6) is 0 Å². The summed E-state index contributed by atoms with van der Waals surface area (Å²) in [5, 5.41) is 0.883. The van der Waals surface area contributed by atoms with Gasteiger partial charge in [0.2, 0.25) is 0 Å². The van der Waals surface area contributed by atoms with Gasteiger partial charge in [-0.2, -0.15) is 0 Å². The molecule has 1 aromatic heterocycles. The Morgan fingerprint density at radius 2 is 1.91 bits per heavy atom. The zero-order chi connectivity index (χ0) is 22.4. The summed E-state index contributed by atoms with van der Waals surface area (Å²) in [6.45, 7) is 1.13. The third-order valence-electron chi connectivity index (χ3n) is 6.13. The first-order valence-corrected chi connectivity index (χ1v) is 11.9. The normalized spacial score (nSPS) is 22.0. The monoisotopic (exact) mass is 456 g/mol. The molecular formula is C25H28O6S. The highest BCUT2D eigenvalue weighted by molar-refractivity contribution is 7.98. The van der Waals surface area contributed by atoms with E-state index in [4.69, 9.17) is 13.9 Å². The lowest BCUT2D eigenvalue weighted by Crippen LogP contribution is -2.36. The lowest BCUT2D eigenvalue weighted by molar-refractivity contribution is -0.185. The molecule has 0 amide bonds. The van der Waals surface area contributed by atoms with Gasteiger partial charge in [0.15, 0.2) is 16.7 Å². The van der Waals surface area contributed by atoms with Crippen molar-refractivity contribution in [3.8, 4) is 0 Å². The molecular weight excluding hydrogens is 428 g/mol. The Kier molecular flexibility index (Phi) is 7.50. The molecule has 2 atom stereocenters. The molecule has 1 saturated heterocycles. The van der Waals surface area contributed by atoms with Gasteiger partial charge < -0.3 is 18.6 Å². The molecule has 1 saturated carbocycles. The van der Waals surface area contributed by atoms with Crippen molar-refractivity contribution in [2.24, 2.45) is 5.92 Å². The average molecular weight is 457 g/mol. The van der Waals surface area contributed by atoms with Gasteiger partial charge in [0.05, 0.1) is 20.3 Å². The van der Waals surface area contributed by atoms with E-state index in [1.807, 2.05) is 30.3 Å². The number of benzene rings is 1. The van der Waals surface area contributed by atoms with Crippen LogP contribution in [-0.4, -0.2) is 37.9 Å². The Morgan fingerprint density at radius 3 is 2.66 bits per heavy atom. The molecule has 6 nitrogen and oxygen atoms in total. The van der Waals surface area contributed by atoms with Gasteiger partial charge in [-0.1, -0.05) is 42.1 Å². The number of carbonyl (C=O) groups is 2. The third kappa shape index (κ3) is 5.34. The van der Waals surface area contributed by atoms with Gasteiger partial charge in [0.1, 0.15) is 5.76 Å². The second-order valence-corrected chi connectivity index (χ2v) is 9.03. The molecule has 7 heteroatoms. The van der Waals surface area contributed by atoms with Gasteiger partial charge in [0, 0.05) is 36.5 Å². The fraction of sp³-hybridized carbons (Fsp3) is 0.440. The summed E-state index contributed by atoms with van der Waals surface area (Å²) >= 11 is 1.67. The fourth-order valence-electron chi connectivity index (χ4n) is 4.59. The lowest BCUT2D eigenvalue weighted by atomic mass is 9.86. The zero-order valence-electron chi connectivity index (χ0n) is 18.2. The Labute approximate surface area is 192 Å². The van der Waals surface area contributed by atoms with Crippen molar-refractivity contribution in [1.29, 1.82) is 0 Å². The second kappa shape index (κ2) is 10.5. The van der Waals surface area contributed by atoms with Crippen molar-refractivity contribution in [3.05, 3.63) is 65.9 Å². The van der Waals surface area contributed by atoms with E-state index in [9.17, 15) is 9.59 Å². The van der Waals surface area contributed by atoms with Crippen molar-refractivity contribution in [1.82, 2.24) is 0 Å². The minimum atomic E-state index is -0.652. The fourth-order valence-corrected chi connectivity index (χ4v) is 5.41. The Hall–Kier alpha value is -2.35. The first kappa shape index (κ1) is 22.8. The van der Waals surface area contributed by atoms with Crippen LogP contribution < -0.4 is 0 Å². The molecule has 1 aliphatic heterocycles. The highest BCUT2D eigenvalue weighted by Crippen LogP contribution is 2.52. The molecule has 1 aliphatic carbocycles. The SMILES string of the molecule is COC(=O)/C=C\C(=O)CC[C@H]1[C@H](c2ccc(SCc3ccccc3)o2)CCC12OCCO2. The van der Waals surface area contributed by atoms with E-state index < -0.39 is 11.8 Å². The van der Waals surface area contributed by atoms with Gasteiger partial charge in [0.25, 0.3) is 0 Å². The van der Waals surface area contributed by atoms with Crippen LogP contribution in [-0.2, 0) is 29.6 Å². The number of thioether (sulfide) groups is 1. The minimum Gasteiger partial charge on any atom is -0.466 e. The predicted molar refractivity (Wildman–Crippen MR) is 120 cm³/mol. The molecule has 1 spiro atoms. The molecule has 0 bridgehead atoms. The molecule has 2 aromatic rings. The van der Waals surface area contributed by atoms with Crippen molar-refractivity contribution >= 4 is 23.5 Å². The number of hydrogen-bond donors (Lipinski definition) is 0. The van der Waals surface area contributed by atoms with E-state index in [1.165, 1.54) is 18.7 Å². The Bertz CT molecular complexity index is 944. The number of hydrogen-bond acceptors (Lipinski definition) is 7. The van der Waals surface area contributed by atoms with Crippen LogP contribution in [0.3, 0.4) is 0 Å². The number of rotatable bonds is 9. The molecule has 0 N–H and O–H groups in total. The maximum Gasteiger partial charge on any atom is 0.330 e. The van der Waals surface area contributed by atoms with Crippen molar-refractivity contribution in [3.63, 3.8) is 0 Å². The van der Waals surface area contributed by atoms with E-state index in [-0.39, 0.29) is 17.6 Å². The van der Waals surface area contributed by atoms with Crippen molar-refractivity contribution in [2.75, 3.05) is 20.3 Å². The first-order chi connectivity index (χ1) is 15.6. The van der Waals surface area contributed by atoms with Gasteiger partial charge in [-0.05, 0) is 36.6 Å². The number of allylic oxidation sites excluding steroid dienone is 1. The molecule has 32 heavy (non-hydrogen) atoms. The summed E-state index contributed by atoms with van der Waals surface area (Å²) in [5.74, 6) is 0.592. The van der Waals surface area contributed by atoms with Crippen LogP contribution in [0, 0.1) is 5.92 Å². The molecule has 1 aromatic carbocycles. The predicted octanol–water partition coefficient (Wildman–Crippen LogP) is 4.89. The number of esters is 1. The number of furan rings is 1. The molecule has 4 rings (SSSR count). The van der Waals surface area contributed by atoms with Crippen molar-refractivity contribution in [2.45, 2.75) is 48.2 Å².